The Hall–Kier alpha value is -1.10. The van der Waals surface area contributed by atoms with Crippen molar-refractivity contribution in [2.24, 2.45) is 11.7 Å². The molecule has 1 unspecified atom stereocenters. The van der Waals surface area contributed by atoms with Gasteiger partial charge in [-0.2, -0.15) is 0 Å². The van der Waals surface area contributed by atoms with Crippen molar-refractivity contribution >= 4 is 11.9 Å². The molecule has 0 radical (unpaired) electrons. The van der Waals surface area contributed by atoms with Crippen LogP contribution in [0.15, 0.2) is 0 Å². The maximum Gasteiger partial charge on any atom is 0.323 e. The lowest BCUT2D eigenvalue weighted by Crippen LogP contribution is -2.58. The van der Waals surface area contributed by atoms with Crippen molar-refractivity contribution in [1.82, 2.24) is 4.90 Å². The summed E-state index contributed by atoms with van der Waals surface area (Å²) >= 11 is 0. The van der Waals surface area contributed by atoms with E-state index in [2.05, 4.69) is 4.74 Å². The van der Waals surface area contributed by atoms with Crippen molar-refractivity contribution in [3.05, 3.63) is 0 Å². The molecular formula is C8H14N2O3. The van der Waals surface area contributed by atoms with Gasteiger partial charge >= 0.3 is 5.97 Å². The Morgan fingerprint density at radius 3 is 2.46 bits per heavy atom. The van der Waals surface area contributed by atoms with Gasteiger partial charge in [0.2, 0.25) is 5.91 Å². The Bertz CT molecular complexity index is 223. The first-order valence-electron chi connectivity index (χ1n) is 4.15. The second kappa shape index (κ2) is 3.74. The highest BCUT2D eigenvalue weighted by atomic mass is 16.5. The lowest BCUT2D eigenvalue weighted by atomic mass is 9.92. The van der Waals surface area contributed by atoms with Crippen LogP contribution in [-0.2, 0) is 14.3 Å². The Morgan fingerprint density at radius 2 is 2.08 bits per heavy atom. The topological polar surface area (TPSA) is 72.6 Å². The molecular weight excluding hydrogens is 172 g/mol. The van der Waals surface area contributed by atoms with Crippen LogP contribution in [-0.4, -0.2) is 43.0 Å². The maximum absolute atomic E-state index is 11.0. The van der Waals surface area contributed by atoms with Crippen molar-refractivity contribution in [3.8, 4) is 0 Å². The normalized spacial score (nSPS) is 19.2. The van der Waals surface area contributed by atoms with Crippen LogP contribution in [0.5, 0.6) is 0 Å². The molecule has 0 saturated carbocycles. The number of nitrogens with two attached hydrogens (primary N) is 1. The summed E-state index contributed by atoms with van der Waals surface area (Å²) in [5.74, 6) is -0.335. The average molecular weight is 186 g/mol. The number of hydrogen-bond acceptors (Lipinski definition) is 4. The van der Waals surface area contributed by atoms with Crippen molar-refractivity contribution in [2.75, 3.05) is 20.2 Å². The molecule has 1 rings (SSSR count). The van der Waals surface area contributed by atoms with Crippen LogP contribution in [0.1, 0.15) is 6.92 Å². The van der Waals surface area contributed by atoms with Crippen molar-refractivity contribution in [1.29, 1.82) is 0 Å². The Labute approximate surface area is 76.8 Å². The average Bonchev–Trinajstić information content (AvgIpc) is 1.99. The monoisotopic (exact) mass is 186 g/mol. The zero-order valence-corrected chi connectivity index (χ0v) is 7.82. The van der Waals surface area contributed by atoms with Gasteiger partial charge in [-0.15, -0.1) is 0 Å². The summed E-state index contributed by atoms with van der Waals surface area (Å²) in [6.45, 7) is 2.62. The van der Waals surface area contributed by atoms with Gasteiger partial charge in [-0.25, -0.2) is 0 Å². The molecule has 0 aromatic rings. The first-order chi connectivity index (χ1) is 6.06. The van der Waals surface area contributed by atoms with Gasteiger partial charge in [-0.05, 0) is 0 Å². The standard InChI is InChI=1S/C8H14N2O3/c1-5(11)10-3-6(4-10)7(9)8(12)13-2/h6-7H,3-4,9H2,1-2H3. The van der Waals surface area contributed by atoms with Crippen LogP contribution in [0.2, 0.25) is 0 Å². The van der Waals surface area contributed by atoms with Gasteiger partial charge in [-0.1, -0.05) is 0 Å². The zero-order valence-electron chi connectivity index (χ0n) is 7.82. The molecule has 0 spiro atoms. The number of carbonyl (C=O) groups excluding carboxylic acids is 2. The molecule has 13 heavy (non-hydrogen) atoms. The first kappa shape index (κ1) is 9.98. The van der Waals surface area contributed by atoms with E-state index < -0.39 is 12.0 Å². The lowest BCUT2D eigenvalue weighted by Gasteiger charge is -2.40. The predicted octanol–water partition coefficient (Wildman–Crippen LogP) is -1.03. The third kappa shape index (κ3) is 1.98. The Balaban J connectivity index is 2.34. The minimum Gasteiger partial charge on any atom is -0.468 e. The van der Waals surface area contributed by atoms with Crippen LogP contribution in [0, 0.1) is 5.92 Å². The van der Waals surface area contributed by atoms with Crippen LogP contribution in [0.25, 0.3) is 0 Å². The summed E-state index contributed by atoms with van der Waals surface area (Å²) < 4.78 is 4.50. The van der Waals surface area contributed by atoms with E-state index in [0.29, 0.717) is 13.1 Å². The molecule has 0 bridgehead atoms. The highest BCUT2D eigenvalue weighted by molar-refractivity contribution is 5.78. The highest BCUT2D eigenvalue weighted by Gasteiger charge is 2.36. The molecule has 0 aromatic carbocycles. The number of methoxy groups -OCH3 is 1. The number of amides is 1. The number of likely N-dealkylation sites (tertiary alicyclic amines) is 1. The molecule has 1 heterocycles. The quantitative estimate of drug-likeness (QED) is 0.559. The second-order valence-corrected chi connectivity index (χ2v) is 3.23. The second-order valence-electron chi connectivity index (χ2n) is 3.23. The van der Waals surface area contributed by atoms with Crippen LogP contribution < -0.4 is 5.73 Å². The fourth-order valence-electron chi connectivity index (χ4n) is 1.33. The molecule has 1 aliphatic rings. The molecule has 2 N–H and O–H groups in total. The predicted molar refractivity (Wildman–Crippen MR) is 45.7 cm³/mol. The number of hydrogen-bond donors (Lipinski definition) is 1. The molecule has 1 atom stereocenters. The molecule has 1 saturated heterocycles. The molecule has 0 aromatic heterocycles. The van der Waals surface area contributed by atoms with Crippen LogP contribution >= 0.6 is 0 Å². The number of rotatable bonds is 2. The molecule has 1 fully saturated rings. The largest absolute Gasteiger partial charge is 0.468 e. The minimum atomic E-state index is -0.597. The molecule has 1 amide bonds. The number of carbonyl (C=O) groups is 2. The lowest BCUT2D eigenvalue weighted by molar-refractivity contribution is -0.148. The van der Waals surface area contributed by atoms with Crippen LogP contribution in [0.4, 0.5) is 0 Å². The fourth-order valence-corrected chi connectivity index (χ4v) is 1.33. The van der Waals surface area contributed by atoms with Crippen LogP contribution in [0.3, 0.4) is 0 Å². The van der Waals surface area contributed by atoms with E-state index in [1.165, 1.54) is 14.0 Å². The van der Waals surface area contributed by atoms with Crippen molar-refractivity contribution in [3.63, 3.8) is 0 Å². The van der Waals surface area contributed by atoms with E-state index in [0.717, 1.165) is 0 Å². The smallest absolute Gasteiger partial charge is 0.323 e. The Morgan fingerprint density at radius 1 is 1.54 bits per heavy atom. The van der Waals surface area contributed by atoms with Gasteiger partial charge in [-0.3, -0.25) is 9.59 Å². The van der Waals surface area contributed by atoms with E-state index in [1.54, 1.807) is 4.90 Å². The van der Waals surface area contributed by atoms with Crippen molar-refractivity contribution in [2.45, 2.75) is 13.0 Å². The summed E-state index contributed by atoms with van der Waals surface area (Å²) in [6, 6.07) is -0.597. The summed E-state index contributed by atoms with van der Waals surface area (Å²) in [5, 5.41) is 0. The molecule has 5 heteroatoms. The summed E-state index contributed by atoms with van der Waals surface area (Å²) in [7, 11) is 1.31. The molecule has 74 valence electrons. The van der Waals surface area contributed by atoms with Crippen molar-refractivity contribution < 1.29 is 14.3 Å². The number of nitrogens with zero attached hydrogens (tertiary/aromatic N) is 1. The number of ether oxygens (including phenoxy) is 1. The van der Waals surface area contributed by atoms with E-state index >= 15 is 0 Å². The van der Waals surface area contributed by atoms with E-state index in [4.69, 9.17) is 5.73 Å². The van der Waals surface area contributed by atoms with Gasteiger partial charge in [0, 0.05) is 25.9 Å². The zero-order chi connectivity index (χ0) is 10.0. The first-order valence-corrected chi connectivity index (χ1v) is 4.15. The van der Waals surface area contributed by atoms with E-state index in [9.17, 15) is 9.59 Å². The Kier molecular flexibility index (Phi) is 2.87. The third-order valence-corrected chi connectivity index (χ3v) is 2.34. The SMILES string of the molecule is COC(=O)C(N)C1CN(C(C)=O)C1. The fraction of sp³-hybridized carbons (Fsp3) is 0.750. The molecule has 1 aliphatic heterocycles. The van der Waals surface area contributed by atoms with Gasteiger partial charge in [0.05, 0.1) is 7.11 Å². The highest BCUT2D eigenvalue weighted by Crippen LogP contribution is 2.18. The minimum absolute atomic E-state index is 0.0216. The third-order valence-electron chi connectivity index (χ3n) is 2.34. The van der Waals surface area contributed by atoms with Gasteiger partial charge < -0.3 is 15.4 Å². The molecule has 0 aliphatic carbocycles. The maximum atomic E-state index is 11.0. The summed E-state index contributed by atoms with van der Waals surface area (Å²) in [4.78, 5) is 23.4. The number of esters is 1. The summed E-state index contributed by atoms with van der Waals surface area (Å²) in [5.41, 5.74) is 5.58. The van der Waals surface area contributed by atoms with Gasteiger partial charge in [0.15, 0.2) is 0 Å². The van der Waals surface area contributed by atoms with Gasteiger partial charge in [0.1, 0.15) is 6.04 Å². The molecule has 5 nitrogen and oxygen atoms in total. The van der Waals surface area contributed by atoms with E-state index in [1.807, 2.05) is 0 Å². The van der Waals surface area contributed by atoms with E-state index in [-0.39, 0.29) is 11.8 Å². The van der Waals surface area contributed by atoms with Gasteiger partial charge in [0.25, 0.3) is 0 Å². The summed E-state index contributed by atoms with van der Waals surface area (Å²) in [6.07, 6.45) is 0.